The average molecular weight is 474 g/mol. The van der Waals surface area contributed by atoms with Crippen LogP contribution in [0.1, 0.15) is 80.9 Å². The summed E-state index contributed by atoms with van der Waals surface area (Å²) >= 11 is 0. The first-order valence-corrected chi connectivity index (χ1v) is 12.4. The van der Waals surface area contributed by atoms with Crippen LogP contribution in [-0.4, -0.2) is 32.6 Å². The van der Waals surface area contributed by atoms with Gasteiger partial charge >= 0.3 is 5.97 Å². The Bertz CT molecular complexity index is 1350. The number of pyridine rings is 3. The molecule has 0 bridgehead atoms. The molecule has 2 aliphatic carbocycles. The maximum absolute atomic E-state index is 12.3. The molecule has 2 saturated carbocycles. The fraction of sp³-hybridized carbons (Fsp3) is 0.481. The monoisotopic (exact) mass is 473 g/mol. The summed E-state index contributed by atoms with van der Waals surface area (Å²) < 4.78 is 11.7. The summed E-state index contributed by atoms with van der Waals surface area (Å²) in [5.41, 5.74) is 8.46. The number of esters is 1. The number of nitrogens with zero attached hydrogens (tertiary/aromatic N) is 3. The van der Waals surface area contributed by atoms with Gasteiger partial charge in [0.15, 0.2) is 0 Å². The third kappa shape index (κ3) is 3.89. The Kier molecular flexibility index (Phi) is 4.84. The predicted molar refractivity (Wildman–Crippen MR) is 133 cm³/mol. The lowest BCUT2D eigenvalue weighted by atomic mass is 9.86. The van der Waals surface area contributed by atoms with Crippen molar-refractivity contribution in [2.75, 3.05) is 5.32 Å². The van der Waals surface area contributed by atoms with E-state index in [-0.39, 0.29) is 23.6 Å². The quantitative estimate of drug-likeness (QED) is 0.484. The van der Waals surface area contributed by atoms with Crippen LogP contribution in [0.4, 0.5) is 11.6 Å². The molecule has 0 unspecified atom stereocenters. The number of carbonyl (C=O) groups is 1. The van der Waals surface area contributed by atoms with Gasteiger partial charge < -0.3 is 20.5 Å². The highest BCUT2D eigenvalue weighted by Gasteiger charge is 2.43. The molecular weight excluding hydrogens is 442 g/mol. The molecule has 3 atom stereocenters. The number of cyclic esters (lactones) is 1. The van der Waals surface area contributed by atoms with E-state index in [9.17, 15) is 4.79 Å². The molecule has 3 aromatic heterocycles. The molecule has 0 aromatic carbocycles. The molecule has 3 N–H and O–H groups in total. The lowest BCUT2D eigenvalue weighted by Gasteiger charge is -2.28. The van der Waals surface area contributed by atoms with Crippen LogP contribution in [0.3, 0.4) is 0 Å². The van der Waals surface area contributed by atoms with Crippen LogP contribution in [0.5, 0.6) is 5.88 Å². The molecule has 8 nitrogen and oxygen atoms in total. The molecular formula is C27H31N5O3. The number of carbonyl (C=O) groups excluding carboxylic acids is 1. The highest BCUT2D eigenvalue weighted by molar-refractivity contribution is 5.93. The Hall–Kier alpha value is -3.26. The first-order chi connectivity index (χ1) is 16.6. The van der Waals surface area contributed by atoms with E-state index in [2.05, 4.69) is 29.1 Å². The van der Waals surface area contributed by atoms with Gasteiger partial charge in [0.1, 0.15) is 23.3 Å². The fourth-order valence-electron chi connectivity index (χ4n) is 4.86. The van der Waals surface area contributed by atoms with E-state index < -0.39 is 5.54 Å². The predicted octanol–water partition coefficient (Wildman–Crippen LogP) is 4.95. The van der Waals surface area contributed by atoms with Crippen molar-refractivity contribution in [1.82, 2.24) is 15.0 Å². The topological polar surface area (TPSA) is 112 Å². The van der Waals surface area contributed by atoms with Crippen molar-refractivity contribution in [3.05, 3.63) is 47.4 Å². The molecule has 4 heterocycles. The SMILES string of the molecule is C[C@@H]1OC(=O)c2ccc(Nc3cc4c([C@@](C)(N)C5CC5)cnc(OC5(C)CC5)c4cn3)nc2[C@@H]1C. The lowest BCUT2D eigenvalue weighted by Crippen LogP contribution is -2.35. The van der Waals surface area contributed by atoms with Gasteiger partial charge in [-0.25, -0.2) is 19.7 Å². The minimum absolute atomic E-state index is 0.00618. The molecule has 0 amide bonds. The van der Waals surface area contributed by atoms with Crippen LogP contribution in [0.2, 0.25) is 0 Å². The highest BCUT2D eigenvalue weighted by Crippen LogP contribution is 2.47. The first kappa shape index (κ1) is 22.2. The second kappa shape index (κ2) is 7.62. The lowest BCUT2D eigenvalue weighted by molar-refractivity contribution is 0.0235. The number of nitrogens with two attached hydrogens (primary N) is 1. The number of hydrogen-bond acceptors (Lipinski definition) is 8. The van der Waals surface area contributed by atoms with Crippen molar-refractivity contribution in [2.24, 2.45) is 11.7 Å². The second-order valence-corrected chi connectivity index (χ2v) is 10.9. The summed E-state index contributed by atoms with van der Waals surface area (Å²) in [5.74, 6) is 1.99. The van der Waals surface area contributed by atoms with Gasteiger partial charge in [-0.1, -0.05) is 6.92 Å². The number of hydrogen-bond donors (Lipinski definition) is 2. The van der Waals surface area contributed by atoms with E-state index in [0.717, 1.165) is 47.7 Å². The van der Waals surface area contributed by atoms with Crippen molar-refractivity contribution in [3.8, 4) is 5.88 Å². The molecule has 0 saturated heterocycles. The van der Waals surface area contributed by atoms with Gasteiger partial charge in [-0.05, 0) is 81.5 Å². The van der Waals surface area contributed by atoms with Crippen LogP contribution in [0, 0.1) is 5.92 Å². The Morgan fingerprint density at radius 3 is 2.63 bits per heavy atom. The minimum atomic E-state index is -0.484. The summed E-state index contributed by atoms with van der Waals surface area (Å²) in [7, 11) is 0. The van der Waals surface area contributed by atoms with Gasteiger partial charge in [0.05, 0.1) is 16.6 Å². The van der Waals surface area contributed by atoms with Crippen molar-refractivity contribution < 1.29 is 14.3 Å². The summed E-state index contributed by atoms with van der Waals surface area (Å²) in [6, 6.07) is 5.54. The molecule has 6 rings (SSSR count). The van der Waals surface area contributed by atoms with E-state index in [1.54, 1.807) is 18.3 Å². The normalized spacial score (nSPS) is 24.3. The van der Waals surface area contributed by atoms with Gasteiger partial charge in [0.25, 0.3) is 0 Å². The summed E-state index contributed by atoms with van der Waals surface area (Å²) in [5, 5.41) is 5.17. The van der Waals surface area contributed by atoms with E-state index in [0.29, 0.717) is 29.0 Å². The number of ether oxygens (including phenoxy) is 2. The van der Waals surface area contributed by atoms with Crippen molar-refractivity contribution in [2.45, 2.75) is 76.5 Å². The van der Waals surface area contributed by atoms with Crippen molar-refractivity contribution in [1.29, 1.82) is 0 Å². The van der Waals surface area contributed by atoms with Gasteiger partial charge in [-0.2, -0.15) is 0 Å². The van der Waals surface area contributed by atoms with Crippen LogP contribution < -0.4 is 15.8 Å². The number of aromatic nitrogens is 3. The zero-order valence-corrected chi connectivity index (χ0v) is 20.6. The molecule has 1 aliphatic heterocycles. The Balaban J connectivity index is 1.40. The summed E-state index contributed by atoms with van der Waals surface area (Å²) in [6.45, 7) is 8.10. The fourth-order valence-corrected chi connectivity index (χ4v) is 4.86. The highest BCUT2D eigenvalue weighted by atomic mass is 16.5. The summed E-state index contributed by atoms with van der Waals surface area (Å²) in [6.07, 6.45) is 7.75. The molecule has 2 fully saturated rings. The Morgan fingerprint density at radius 2 is 1.91 bits per heavy atom. The van der Waals surface area contributed by atoms with Crippen molar-refractivity contribution in [3.63, 3.8) is 0 Å². The van der Waals surface area contributed by atoms with Crippen LogP contribution in [-0.2, 0) is 10.3 Å². The third-order valence-electron chi connectivity index (χ3n) is 7.87. The molecule has 8 heteroatoms. The van der Waals surface area contributed by atoms with E-state index in [1.165, 1.54) is 0 Å². The maximum Gasteiger partial charge on any atom is 0.340 e. The average Bonchev–Trinajstić information content (AvgIpc) is 3.74. The molecule has 35 heavy (non-hydrogen) atoms. The largest absolute Gasteiger partial charge is 0.471 e. The van der Waals surface area contributed by atoms with Crippen LogP contribution in [0.25, 0.3) is 10.8 Å². The Labute approximate surface area is 204 Å². The number of rotatable bonds is 6. The van der Waals surface area contributed by atoms with Crippen LogP contribution in [0.15, 0.2) is 30.6 Å². The van der Waals surface area contributed by atoms with Crippen LogP contribution >= 0.6 is 0 Å². The molecule has 0 radical (unpaired) electrons. The number of nitrogens with one attached hydrogen (secondary N) is 1. The Morgan fingerprint density at radius 1 is 1.14 bits per heavy atom. The minimum Gasteiger partial charge on any atom is -0.471 e. The van der Waals surface area contributed by atoms with Crippen molar-refractivity contribution >= 4 is 28.4 Å². The first-order valence-electron chi connectivity index (χ1n) is 12.4. The van der Waals surface area contributed by atoms with E-state index in [4.69, 9.17) is 20.2 Å². The molecule has 182 valence electrons. The third-order valence-corrected chi connectivity index (χ3v) is 7.87. The summed E-state index contributed by atoms with van der Waals surface area (Å²) in [4.78, 5) is 26.3. The van der Waals surface area contributed by atoms with Gasteiger partial charge in [-0.3, -0.25) is 0 Å². The zero-order valence-electron chi connectivity index (χ0n) is 20.6. The zero-order chi connectivity index (χ0) is 24.5. The number of anilines is 2. The van der Waals surface area contributed by atoms with E-state index in [1.807, 2.05) is 26.1 Å². The smallest absolute Gasteiger partial charge is 0.340 e. The second-order valence-electron chi connectivity index (χ2n) is 10.9. The maximum atomic E-state index is 12.3. The molecule has 3 aromatic rings. The van der Waals surface area contributed by atoms with Gasteiger partial charge in [0.2, 0.25) is 5.88 Å². The van der Waals surface area contributed by atoms with E-state index >= 15 is 0 Å². The van der Waals surface area contributed by atoms with Gasteiger partial charge in [-0.15, -0.1) is 0 Å². The molecule has 3 aliphatic rings. The van der Waals surface area contributed by atoms with Gasteiger partial charge in [0, 0.05) is 23.9 Å². The number of fused-ring (bicyclic) bond motifs is 2. The standard InChI is InChI=1S/C27H31N5O3/c1-14-15(2)34-25(33)17-7-8-21(32-23(14)17)31-22-11-18-19(12-29-22)24(35-26(3)9-10-26)30-13-20(18)27(4,28)16-5-6-16/h7-8,11-16H,5-6,9-10,28H2,1-4H3,(H,29,31,32)/t14-,15+,27+/m1/s1. The molecule has 0 spiro atoms.